The number of phenols is 1. The molecule has 2 aliphatic carbocycles. The lowest BCUT2D eigenvalue weighted by Gasteiger charge is -2.53. The largest absolute Gasteiger partial charge is 0.508 e. The topological polar surface area (TPSA) is 63.6 Å². The minimum atomic E-state index is -0.665. The molecule has 0 unspecified atom stereocenters. The molecule has 0 amide bonds. The summed E-state index contributed by atoms with van der Waals surface area (Å²) in [6.45, 7) is 8.09. The summed E-state index contributed by atoms with van der Waals surface area (Å²) in [4.78, 5) is 25.5. The SMILES string of the molecule is COC(=O)[C@@]1(C)CCC[C@]2(C)c3cc(O)c(C(C)C)cc3C(=O)C[C@@H]12. The molecule has 0 bridgehead atoms. The fourth-order valence-corrected chi connectivity index (χ4v) is 5.19. The monoisotopic (exact) mass is 344 g/mol. The van der Waals surface area contributed by atoms with Gasteiger partial charge in [-0.05, 0) is 60.3 Å². The Kier molecular flexibility index (Phi) is 4.21. The Morgan fingerprint density at radius 2 is 1.96 bits per heavy atom. The van der Waals surface area contributed by atoms with Crippen molar-refractivity contribution in [3.63, 3.8) is 0 Å². The van der Waals surface area contributed by atoms with Gasteiger partial charge in [0, 0.05) is 12.0 Å². The number of Topliss-reactive ketones (excluding diaryl/α,β-unsaturated/α-hetero) is 1. The van der Waals surface area contributed by atoms with Crippen LogP contribution in [-0.4, -0.2) is 24.0 Å². The Morgan fingerprint density at radius 3 is 2.56 bits per heavy atom. The number of fused-ring (bicyclic) bond motifs is 3. The number of methoxy groups -OCH3 is 1. The Labute approximate surface area is 149 Å². The van der Waals surface area contributed by atoms with Crippen molar-refractivity contribution in [2.45, 2.75) is 64.7 Å². The van der Waals surface area contributed by atoms with E-state index in [1.807, 2.05) is 26.8 Å². The average molecular weight is 344 g/mol. The van der Waals surface area contributed by atoms with Gasteiger partial charge in [-0.2, -0.15) is 0 Å². The van der Waals surface area contributed by atoms with Crippen molar-refractivity contribution in [2.24, 2.45) is 11.3 Å². The van der Waals surface area contributed by atoms with Crippen LogP contribution in [0.1, 0.15) is 80.8 Å². The van der Waals surface area contributed by atoms with Crippen molar-refractivity contribution in [3.05, 3.63) is 28.8 Å². The van der Waals surface area contributed by atoms with Crippen LogP contribution < -0.4 is 0 Å². The second-order valence-electron chi connectivity index (χ2n) is 8.47. The van der Waals surface area contributed by atoms with Gasteiger partial charge in [-0.25, -0.2) is 0 Å². The summed E-state index contributed by atoms with van der Waals surface area (Å²) in [7, 11) is 1.42. The maximum absolute atomic E-state index is 12.9. The molecule has 3 rings (SSSR count). The number of carbonyl (C=O) groups is 2. The van der Waals surface area contributed by atoms with E-state index in [0.29, 0.717) is 6.42 Å². The van der Waals surface area contributed by atoms with Gasteiger partial charge in [0.25, 0.3) is 0 Å². The molecule has 4 nitrogen and oxygen atoms in total. The number of ether oxygens (including phenoxy) is 1. The molecule has 25 heavy (non-hydrogen) atoms. The van der Waals surface area contributed by atoms with Gasteiger partial charge in [-0.15, -0.1) is 0 Å². The molecule has 0 saturated heterocycles. The number of rotatable bonds is 2. The maximum atomic E-state index is 12.9. The number of aromatic hydroxyl groups is 1. The van der Waals surface area contributed by atoms with Crippen molar-refractivity contribution >= 4 is 11.8 Å². The molecule has 1 aromatic rings. The number of esters is 1. The highest BCUT2D eigenvalue weighted by molar-refractivity contribution is 6.00. The van der Waals surface area contributed by atoms with Crippen molar-refractivity contribution in [3.8, 4) is 5.75 Å². The fourth-order valence-electron chi connectivity index (χ4n) is 5.19. The lowest BCUT2D eigenvalue weighted by atomic mass is 9.49. The van der Waals surface area contributed by atoms with Crippen LogP contribution in [0.15, 0.2) is 12.1 Å². The zero-order chi connectivity index (χ0) is 18.6. The van der Waals surface area contributed by atoms with Gasteiger partial charge in [-0.3, -0.25) is 9.59 Å². The molecule has 0 aromatic heterocycles. The normalized spacial score (nSPS) is 31.4. The third kappa shape index (κ3) is 2.49. The number of hydrogen-bond donors (Lipinski definition) is 1. The van der Waals surface area contributed by atoms with E-state index in [2.05, 4.69) is 6.92 Å². The minimum Gasteiger partial charge on any atom is -0.508 e. The number of ketones is 1. The molecule has 4 heteroatoms. The molecule has 1 N–H and O–H groups in total. The molecular formula is C21H28O4. The number of carbonyl (C=O) groups excluding carboxylic acids is 2. The summed E-state index contributed by atoms with van der Waals surface area (Å²) in [5.74, 6) is 0.119. The van der Waals surface area contributed by atoms with Crippen LogP contribution in [0.25, 0.3) is 0 Å². The summed E-state index contributed by atoms with van der Waals surface area (Å²) in [5, 5.41) is 10.5. The summed E-state index contributed by atoms with van der Waals surface area (Å²) in [6, 6.07) is 3.64. The van der Waals surface area contributed by atoms with E-state index in [1.165, 1.54) is 7.11 Å². The third-order valence-electron chi connectivity index (χ3n) is 6.68. The summed E-state index contributed by atoms with van der Waals surface area (Å²) in [6.07, 6.45) is 2.90. The van der Waals surface area contributed by atoms with Crippen LogP contribution >= 0.6 is 0 Å². The predicted molar refractivity (Wildman–Crippen MR) is 96.0 cm³/mol. The van der Waals surface area contributed by atoms with Crippen LogP contribution in [-0.2, 0) is 14.9 Å². The van der Waals surface area contributed by atoms with Gasteiger partial charge in [0.05, 0.1) is 12.5 Å². The van der Waals surface area contributed by atoms with E-state index in [4.69, 9.17) is 4.74 Å². The molecule has 136 valence electrons. The van der Waals surface area contributed by atoms with E-state index >= 15 is 0 Å². The van der Waals surface area contributed by atoms with Crippen molar-refractivity contribution < 1.29 is 19.4 Å². The van der Waals surface area contributed by atoms with E-state index < -0.39 is 5.41 Å². The van der Waals surface area contributed by atoms with Gasteiger partial charge in [0.1, 0.15) is 5.75 Å². The molecule has 3 atom stereocenters. The van der Waals surface area contributed by atoms with Crippen LogP contribution in [0.5, 0.6) is 5.75 Å². The Morgan fingerprint density at radius 1 is 1.28 bits per heavy atom. The zero-order valence-electron chi connectivity index (χ0n) is 15.8. The summed E-state index contributed by atoms with van der Waals surface area (Å²) >= 11 is 0. The van der Waals surface area contributed by atoms with Gasteiger partial charge in [-0.1, -0.05) is 27.2 Å². The first-order chi connectivity index (χ1) is 11.6. The highest BCUT2D eigenvalue weighted by Crippen LogP contribution is 2.58. The third-order valence-corrected chi connectivity index (χ3v) is 6.68. The Hall–Kier alpha value is -1.84. The van der Waals surface area contributed by atoms with Crippen molar-refractivity contribution in [1.82, 2.24) is 0 Å². The first-order valence-electron chi connectivity index (χ1n) is 9.14. The first-order valence-corrected chi connectivity index (χ1v) is 9.14. The van der Waals surface area contributed by atoms with Crippen LogP contribution in [0.4, 0.5) is 0 Å². The minimum absolute atomic E-state index is 0.0661. The van der Waals surface area contributed by atoms with E-state index in [1.54, 1.807) is 6.07 Å². The molecule has 0 heterocycles. The molecule has 1 saturated carbocycles. The second-order valence-corrected chi connectivity index (χ2v) is 8.47. The van der Waals surface area contributed by atoms with Gasteiger partial charge in [0.15, 0.2) is 5.78 Å². The molecular weight excluding hydrogens is 316 g/mol. The van der Waals surface area contributed by atoms with Gasteiger partial charge >= 0.3 is 5.97 Å². The van der Waals surface area contributed by atoms with Crippen LogP contribution in [0.3, 0.4) is 0 Å². The number of benzene rings is 1. The molecule has 0 spiro atoms. The van der Waals surface area contributed by atoms with E-state index in [9.17, 15) is 14.7 Å². The Bertz CT molecular complexity index is 736. The lowest BCUT2D eigenvalue weighted by molar-refractivity contribution is -0.160. The lowest BCUT2D eigenvalue weighted by Crippen LogP contribution is -2.53. The molecule has 1 fully saturated rings. The summed E-state index contributed by atoms with van der Waals surface area (Å²) < 4.78 is 5.08. The summed E-state index contributed by atoms with van der Waals surface area (Å²) in [5.41, 5.74) is 1.44. The smallest absolute Gasteiger partial charge is 0.311 e. The average Bonchev–Trinajstić information content (AvgIpc) is 2.56. The van der Waals surface area contributed by atoms with Gasteiger partial charge in [0.2, 0.25) is 0 Å². The predicted octanol–water partition coefficient (Wildman–Crippen LogP) is 4.34. The van der Waals surface area contributed by atoms with Gasteiger partial charge < -0.3 is 9.84 Å². The second kappa shape index (κ2) is 5.86. The molecule has 0 radical (unpaired) electrons. The highest BCUT2D eigenvalue weighted by atomic mass is 16.5. The molecule has 1 aromatic carbocycles. The molecule has 2 aliphatic rings. The number of phenolic OH excluding ortho intramolecular Hbond substituents is 1. The Balaban J connectivity index is 2.19. The number of hydrogen-bond acceptors (Lipinski definition) is 4. The quantitative estimate of drug-likeness (QED) is 0.811. The van der Waals surface area contributed by atoms with Crippen molar-refractivity contribution in [1.29, 1.82) is 0 Å². The van der Waals surface area contributed by atoms with Crippen LogP contribution in [0, 0.1) is 11.3 Å². The zero-order valence-corrected chi connectivity index (χ0v) is 15.8. The van der Waals surface area contributed by atoms with Crippen LogP contribution in [0.2, 0.25) is 0 Å². The molecule has 0 aliphatic heterocycles. The first kappa shape index (κ1) is 18.0. The fraction of sp³-hybridized carbons (Fsp3) is 0.619. The van der Waals surface area contributed by atoms with E-state index in [-0.39, 0.29) is 34.8 Å². The van der Waals surface area contributed by atoms with Crippen molar-refractivity contribution in [2.75, 3.05) is 7.11 Å². The highest BCUT2D eigenvalue weighted by Gasteiger charge is 2.57. The standard InChI is InChI=1S/C21H28O4/c1-12(2)13-9-14-15(10-16(13)22)20(3)7-6-8-21(4,19(24)25-5)18(20)11-17(14)23/h9-10,12,18,22H,6-8,11H2,1-5H3/t18-,20-,21+/m1/s1. The maximum Gasteiger partial charge on any atom is 0.311 e. The van der Waals surface area contributed by atoms with E-state index in [0.717, 1.165) is 36.0 Å².